The number of aliphatic hydroxyl groups is 1. The van der Waals surface area contributed by atoms with E-state index in [0.717, 1.165) is 0 Å². The third-order valence-electron chi connectivity index (χ3n) is 1.60. The van der Waals surface area contributed by atoms with E-state index in [1.807, 2.05) is 0 Å². The molecule has 1 aromatic rings. The smallest absolute Gasteiger partial charge is 0.141 e. The van der Waals surface area contributed by atoms with Gasteiger partial charge in [-0.15, -0.1) is 0 Å². The summed E-state index contributed by atoms with van der Waals surface area (Å²) in [7, 11) is 0. The van der Waals surface area contributed by atoms with Crippen molar-refractivity contribution in [3.05, 3.63) is 41.0 Å². The van der Waals surface area contributed by atoms with Gasteiger partial charge in [0.1, 0.15) is 5.82 Å². The molecule has 3 heteroatoms. The third-order valence-corrected chi connectivity index (χ3v) is 1.89. The standard InChI is InChI=1S/C9H9ClFO/c1-2-9(12)6-3-4-8(11)7(10)5-6/h2-5,9,12H,1H3. The second-order valence-corrected chi connectivity index (χ2v) is 2.86. The predicted octanol–water partition coefficient (Wildman–Crippen LogP) is 2.74. The molecule has 1 atom stereocenters. The van der Waals surface area contributed by atoms with Crippen LogP contribution in [0.2, 0.25) is 5.02 Å². The number of rotatable bonds is 2. The van der Waals surface area contributed by atoms with Crippen LogP contribution in [-0.2, 0) is 0 Å². The maximum Gasteiger partial charge on any atom is 0.141 e. The van der Waals surface area contributed by atoms with Gasteiger partial charge in [-0.05, 0) is 24.1 Å². The molecule has 1 radical (unpaired) electrons. The van der Waals surface area contributed by atoms with Crippen molar-refractivity contribution in [1.82, 2.24) is 0 Å². The van der Waals surface area contributed by atoms with Crippen LogP contribution in [0, 0.1) is 12.2 Å². The quantitative estimate of drug-likeness (QED) is 0.755. The van der Waals surface area contributed by atoms with Gasteiger partial charge in [0, 0.05) is 0 Å². The van der Waals surface area contributed by atoms with Gasteiger partial charge in [-0.25, -0.2) is 4.39 Å². The van der Waals surface area contributed by atoms with Crippen molar-refractivity contribution in [3.63, 3.8) is 0 Å². The summed E-state index contributed by atoms with van der Waals surface area (Å²) in [6, 6.07) is 4.16. The van der Waals surface area contributed by atoms with Gasteiger partial charge in [-0.2, -0.15) is 0 Å². The lowest BCUT2D eigenvalue weighted by Crippen LogP contribution is -1.95. The summed E-state index contributed by atoms with van der Waals surface area (Å²) in [5.74, 6) is -0.469. The van der Waals surface area contributed by atoms with Crippen LogP contribution in [0.15, 0.2) is 18.2 Å². The molecule has 0 fully saturated rings. The SMILES string of the molecule is C[CH]C(O)c1ccc(F)c(Cl)c1. The number of aliphatic hydroxyl groups excluding tert-OH is 1. The molecular formula is C9H9ClFO. The third kappa shape index (κ3) is 1.96. The maximum absolute atomic E-state index is 12.6. The van der Waals surface area contributed by atoms with Crippen molar-refractivity contribution in [2.45, 2.75) is 13.0 Å². The van der Waals surface area contributed by atoms with Gasteiger partial charge >= 0.3 is 0 Å². The van der Waals surface area contributed by atoms with Crippen LogP contribution in [-0.4, -0.2) is 5.11 Å². The molecule has 0 aliphatic rings. The van der Waals surface area contributed by atoms with Crippen LogP contribution < -0.4 is 0 Å². The molecule has 0 amide bonds. The minimum Gasteiger partial charge on any atom is -0.388 e. The summed E-state index contributed by atoms with van der Waals surface area (Å²) in [5.41, 5.74) is 0.601. The molecule has 1 rings (SSSR count). The number of hydrogen-bond donors (Lipinski definition) is 1. The minimum absolute atomic E-state index is 0.0356. The zero-order valence-corrected chi connectivity index (χ0v) is 7.35. The fourth-order valence-corrected chi connectivity index (χ4v) is 1.08. The van der Waals surface area contributed by atoms with E-state index in [0.29, 0.717) is 5.56 Å². The molecule has 65 valence electrons. The molecule has 0 bridgehead atoms. The minimum atomic E-state index is -0.678. The molecule has 0 heterocycles. The first kappa shape index (κ1) is 9.49. The van der Waals surface area contributed by atoms with E-state index >= 15 is 0 Å². The summed E-state index contributed by atoms with van der Waals surface area (Å²) >= 11 is 5.51. The Kier molecular flexibility index (Phi) is 3.06. The molecule has 0 saturated heterocycles. The maximum atomic E-state index is 12.6. The van der Waals surface area contributed by atoms with E-state index < -0.39 is 11.9 Å². The van der Waals surface area contributed by atoms with E-state index in [4.69, 9.17) is 11.6 Å². The zero-order chi connectivity index (χ0) is 9.14. The van der Waals surface area contributed by atoms with E-state index in [2.05, 4.69) is 0 Å². The molecule has 12 heavy (non-hydrogen) atoms. The average Bonchev–Trinajstić information content (AvgIpc) is 2.08. The van der Waals surface area contributed by atoms with Crippen LogP contribution >= 0.6 is 11.6 Å². The fourth-order valence-electron chi connectivity index (χ4n) is 0.889. The molecule has 0 spiro atoms. The normalized spacial score (nSPS) is 13.0. The zero-order valence-electron chi connectivity index (χ0n) is 6.59. The Morgan fingerprint density at radius 2 is 2.25 bits per heavy atom. The molecule has 1 N–H and O–H groups in total. The van der Waals surface area contributed by atoms with Crippen LogP contribution in [0.25, 0.3) is 0 Å². The highest BCUT2D eigenvalue weighted by atomic mass is 35.5. The van der Waals surface area contributed by atoms with Crippen LogP contribution in [0.4, 0.5) is 4.39 Å². The van der Waals surface area contributed by atoms with Crippen molar-refractivity contribution in [2.24, 2.45) is 0 Å². The summed E-state index contributed by atoms with van der Waals surface area (Å²) in [4.78, 5) is 0. The van der Waals surface area contributed by atoms with Gasteiger partial charge in [0.15, 0.2) is 0 Å². The highest BCUT2D eigenvalue weighted by molar-refractivity contribution is 6.30. The molecule has 0 aromatic heterocycles. The van der Waals surface area contributed by atoms with E-state index in [-0.39, 0.29) is 5.02 Å². The highest BCUT2D eigenvalue weighted by Crippen LogP contribution is 2.21. The summed E-state index contributed by atoms with van der Waals surface area (Å²) in [6.07, 6.45) is 0.923. The molecule has 1 unspecified atom stereocenters. The topological polar surface area (TPSA) is 20.2 Å². The number of halogens is 2. The molecule has 0 aliphatic carbocycles. The first-order chi connectivity index (χ1) is 5.65. The average molecular weight is 188 g/mol. The van der Waals surface area contributed by atoms with E-state index in [9.17, 15) is 9.50 Å². The highest BCUT2D eigenvalue weighted by Gasteiger charge is 2.07. The fraction of sp³-hybridized carbons (Fsp3) is 0.222. The first-order valence-corrected chi connectivity index (χ1v) is 3.95. The Morgan fingerprint density at radius 1 is 1.58 bits per heavy atom. The molecular weight excluding hydrogens is 179 g/mol. The summed E-state index contributed by atoms with van der Waals surface area (Å²) in [5, 5.41) is 9.34. The van der Waals surface area contributed by atoms with Gasteiger partial charge in [-0.1, -0.05) is 24.6 Å². The molecule has 0 aliphatic heterocycles. The van der Waals surface area contributed by atoms with Crippen LogP contribution in [0.3, 0.4) is 0 Å². The Morgan fingerprint density at radius 3 is 2.75 bits per heavy atom. The Balaban J connectivity index is 2.96. The van der Waals surface area contributed by atoms with Gasteiger partial charge in [0.2, 0.25) is 0 Å². The van der Waals surface area contributed by atoms with Gasteiger partial charge < -0.3 is 5.11 Å². The second kappa shape index (κ2) is 3.87. The van der Waals surface area contributed by atoms with Crippen molar-refractivity contribution in [2.75, 3.05) is 0 Å². The van der Waals surface area contributed by atoms with E-state index in [1.54, 1.807) is 13.3 Å². The van der Waals surface area contributed by atoms with Crippen molar-refractivity contribution >= 4 is 11.6 Å². The first-order valence-electron chi connectivity index (χ1n) is 3.57. The van der Waals surface area contributed by atoms with Crippen LogP contribution in [0.5, 0.6) is 0 Å². The monoisotopic (exact) mass is 187 g/mol. The molecule has 1 nitrogen and oxygen atoms in total. The molecule has 1 aromatic carbocycles. The van der Waals surface area contributed by atoms with E-state index in [1.165, 1.54) is 18.2 Å². The number of hydrogen-bond acceptors (Lipinski definition) is 1. The Labute approximate surface area is 75.8 Å². The summed E-state index contributed by atoms with van der Waals surface area (Å²) < 4.78 is 12.6. The summed E-state index contributed by atoms with van der Waals surface area (Å²) in [6.45, 7) is 1.72. The lowest BCUT2D eigenvalue weighted by atomic mass is 10.1. The second-order valence-electron chi connectivity index (χ2n) is 2.45. The van der Waals surface area contributed by atoms with Crippen molar-refractivity contribution < 1.29 is 9.50 Å². The van der Waals surface area contributed by atoms with Gasteiger partial charge in [-0.3, -0.25) is 0 Å². The molecule has 0 saturated carbocycles. The predicted molar refractivity (Wildman–Crippen MR) is 46.3 cm³/mol. The van der Waals surface area contributed by atoms with Gasteiger partial charge in [0.25, 0.3) is 0 Å². The van der Waals surface area contributed by atoms with Crippen LogP contribution in [0.1, 0.15) is 18.6 Å². The van der Waals surface area contributed by atoms with Crippen molar-refractivity contribution in [3.8, 4) is 0 Å². The Bertz CT molecular complexity index is 275. The lowest BCUT2D eigenvalue weighted by Gasteiger charge is -2.07. The van der Waals surface area contributed by atoms with Crippen molar-refractivity contribution in [1.29, 1.82) is 0 Å². The lowest BCUT2D eigenvalue weighted by molar-refractivity contribution is 0.212. The number of benzene rings is 1. The largest absolute Gasteiger partial charge is 0.388 e. The van der Waals surface area contributed by atoms with Gasteiger partial charge in [0.05, 0.1) is 11.1 Å². The Hall–Kier alpha value is -0.600.